The maximum Gasteiger partial charge on any atom is 0.125 e. The van der Waals surface area contributed by atoms with Crippen molar-refractivity contribution in [3.8, 4) is 6.07 Å². The van der Waals surface area contributed by atoms with Gasteiger partial charge >= 0.3 is 0 Å². The number of nitrogens with one attached hydrogen (secondary N) is 1. The first-order valence-corrected chi connectivity index (χ1v) is 7.61. The summed E-state index contributed by atoms with van der Waals surface area (Å²) < 4.78 is 0. The Balaban J connectivity index is 2.06. The van der Waals surface area contributed by atoms with E-state index >= 15 is 0 Å². The summed E-state index contributed by atoms with van der Waals surface area (Å²) in [5.74, 6) is 0.726. The van der Waals surface area contributed by atoms with Gasteiger partial charge in [0.2, 0.25) is 0 Å². The highest BCUT2D eigenvalue weighted by Gasteiger charge is 2.38. The van der Waals surface area contributed by atoms with Crippen molar-refractivity contribution in [3.05, 3.63) is 29.8 Å². The molecule has 0 aromatic heterocycles. The van der Waals surface area contributed by atoms with Crippen LogP contribution >= 0.6 is 0 Å². The average Bonchev–Trinajstić information content (AvgIpc) is 2.41. The van der Waals surface area contributed by atoms with Crippen LogP contribution in [0.4, 0.5) is 5.69 Å². The summed E-state index contributed by atoms with van der Waals surface area (Å²) in [6, 6.07) is 10.9. The summed E-state index contributed by atoms with van der Waals surface area (Å²) in [5, 5.41) is 13.1. The summed E-state index contributed by atoms with van der Waals surface area (Å²) in [5.41, 5.74) is 2.28. The van der Waals surface area contributed by atoms with Crippen molar-refractivity contribution in [1.82, 2.24) is 0 Å². The van der Waals surface area contributed by atoms with Crippen molar-refractivity contribution in [2.24, 2.45) is 11.3 Å². The molecule has 2 nitrogen and oxygen atoms in total. The Labute approximate surface area is 123 Å². The summed E-state index contributed by atoms with van der Waals surface area (Å²) in [4.78, 5) is 0. The summed E-state index contributed by atoms with van der Waals surface area (Å²) in [6.45, 7) is 9.01. The third-order valence-corrected chi connectivity index (χ3v) is 4.71. The predicted octanol–water partition coefficient (Wildman–Crippen LogP) is 4.91. The number of aryl methyl sites for hydroxylation is 1. The lowest BCUT2D eigenvalue weighted by Crippen LogP contribution is -2.42. The van der Waals surface area contributed by atoms with Crippen LogP contribution in [-0.4, -0.2) is 5.54 Å². The van der Waals surface area contributed by atoms with Gasteiger partial charge in [0.25, 0.3) is 0 Å². The second-order valence-corrected chi connectivity index (χ2v) is 7.33. The van der Waals surface area contributed by atoms with Crippen LogP contribution < -0.4 is 5.32 Å². The number of hydrogen-bond donors (Lipinski definition) is 1. The van der Waals surface area contributed by atoms with Crippen LogP contribution in [0, 0.1) is 29.6 Å². The molecule has 1 saturated carbocycles. The second kappa shape index (κ2) is 5.48. The molecule has 1 aromatic carbocycles. The van der Waals surface area contributed by atoms with E-state index in [2.05, 4.69) is 63.3 Å². The van der Waals surface area contributed by atoms with Crippen LogP contribution in [0.5, 0.6) is 0 Å². The number of hydrogen-bond acceptors (Lipinski definition) is 2. The number of nitrogens with zero attached hydrogens (tertiary/aromatic N) is 1. The maximum absolute atomic E-state index is 9.63. The minimum absolute atomic E-state index is 0.353. The third kappa shape index (κ3) is 3.33. The molecule has 20 heavy (non-hydrogen) atoms. The van der Waals surface area contributed by atoms with Crippen molar-refractivity contribution in [3.63, 3.8) is 0 Å². The molecule has 1 aliphatic rings. The number of anilines is 1. The molecule has 0 saturated heterocycles. The third-order valence-electron chi connectivity index (χ3n) is 4.71. The van der Waals surface area contributed by atoms with Crippen molar-refractivity contribution >= 4 is 5.69 Å². The Hall–Kier alpha value is -1.49. The highest BCUT2D eigenvalue weighted by molar-refractivity contribution is 5.49. The van der Waals surface area contributed by atoms with Crippen LogP contribution in [0.3, 0.4) is 0 Å². The minimum Gasteiger partial charge on any atom is -0.367 e. The van der Waals surface area contributed by atoms with Gasteiger partial charge in [-0.15, -0.1) is 0 Å². The SMILES string of the molecule is Cc1ccc(NC2(C#N)CCC(C(C)(C)C)CC2)cc1. The van der Waals surface area contributed by atoms with E-state index in [0.717, 1.165) is 37.3 Å². The molecule has 1 aliphatic carbocycles. The van der Waals surface area contributed by atoms with Crippen molar-refractivity contribution < 1.29 is 0 Å². The molecule has 108 valence electrons. The van der Waals surface area contributed by atoms with Crippen LogP contribution in [0.1, 0.15) is 52.0 Å². The molecule has 0 unspecified atom stereocenters. The van der Waals surface area contributed by atoms with Gasteiger partial charge in [-0.3, -0.25) is 0 Å². The summed E-state index contributed by atoms with van der Waals surface area (Å²) in [6.07, 6.45) is 4.16. The van der Waals surface area contributed by atoms with Crippen LogP contribution in [-0.2, 0) is 0 Å². The lowest BCUT2D eigenvalue weighted by molar-refractivity contribution is 0.159. The number of benzene rings is 1. The van der Waals surface area contributed by atoms with E-state index in [0.29, 0.717) is 5.41 Å². The summed E-state index contributed by atoms with van der Waals surface area (Å²) >= 11 is 0. The zero-order valence-electron chi connectivity index (χ0n) is 13.2. The zero-order valence-corrected chi connectivity index (χ0v) is 13.2. The van der Waals surface area contributed by atoms with Gasteiger partial charge in [0, 0.05) is 5.69 Å². The lowest BCUT2D eigenvalue weighted by Gasteiger charge is -2.41. The minimum atomic E-state index is -0.378. The van der Waals surface area contributed by atoms with Gasteiger partial charge in [-0.2, -0.15) is 5.26 Å². The smallest absolute Gasteiger partial charge is 0.125 e. The van der Waals surface area contributed by atoms with E-state index in [-0.39, 0.29) is 5.54 Å². The average molecular weight is 270 g/mol. The maximum atomic E-state index is 9.63. The summed E-state index contributed by atoms with van der Waals surface area (Å²) in [7, 11) is 0. The predicted molar refractivity (Wildman–Crippen MR) is 84.6 cm³/mol. The molecule has 2 heteroatoms. The first kappa shape index (κ1) is 14.9. The van der Waals surface area contributed by atoms with E-state index in [9.17, 15) is 5.26 Å². The van der Waals surface area contributed by atoms with E-state index in [1.165, 1.54) is 5.56 Å². The Bertz CT molecular complexity index is 480. The van der Waals surface area contributed by atoms with Gasteiger partial charge in [0.05, 0.1) is 6.07 Å². The van der Waals surface area contributed by atoms with Gasteiger partial charge in [-0.25, -0.2) is 0 Å². The van der Waals surface area contributed by atoms with Gasteiger partial charge in [-0.1, -0.05) is 38.5 Å². The van der Waals surface area contributed by atoms with Crippen molar-refractivity contribution in [2.75, 3.05) is 5.32 Å². The molecular weight excluding hydrogens is 244 g/mol. The molecule has 1 fully saturated rings. The number of nitriles is 1. The normalized spacial score (nSPS) is 26.9. The molecule has 0 radical (unpaired) electrons. The number of rotatable bonds is 2. The van der Waals surface area contributed by atoms with Crippen molar-refractivity contribution in [2.45, 2.75) is 58.9 Å². The topological polar surface area (TPSA) is 35.8 Å². The highest BCUT2D eigenvalue weighted by Crippen LogP contribution is 2.42. The quantitative estimate of drug-likeness (QED) is 0.829. The fourth-order valence-corrected chi connectivity index (χ4v) is 3.15. The molecule has 0 atom stereocenters. The highest BCUT2D eigenvalue weighted by atomic mass is 15.0. The first-order chi connectivity index (χ1) is 9.35. The van der Waals surface area contributed by atoms with E-state index in [4.69, 9.17) is 0 Å². The first-order valence-electron chi connectivity index (χ1n) is 7.61. The Morgan fingerprint density at radius 2 is 1.70 bits per heavy atom. The molecule has 2 rings (SSSR count). The fourth-order valence-electron chi connectivity index (χ4n) is 3.15. The Morgan fingerprint density at radius 3 is 2.15 bits per heavy atom. The molecular formula is C18H26N2. The van der Waals surface area contributed by atoms with Crippen molar-refractivity contribution in [1.29, 1.82) is 5.26 Å². The van der Waals surface area contributed by atoms with Crippen LogP contribution in [0.15, 0.2) is 24.3 Å². The van der Waals surface area contributed by atoms with E-state index in [1.54, 1.807) is 0 Å². The fraction of sp³-hybridized carbons (Fsp3) is 0.611. The second-order valence-electron chi connectivity index (χ2n) is 7.33. The lowest BCUT2D eigenvalue weighted by atomic mass is 9.67. The van der Waals surface area contributed by atoms with Gasteiger partial charge in [-0.05, 0) is 56.1 Å². The molecule has 1 N–H and O–H groups in total. The monoisotopic (exact) mass is 270 g/mol. The van der Waals surface area contributed by atoms with Gasteiger partial charge in [0.15, 0.2) is 0 Å². The zero-order chi connectivity index (χ0) is 14.8. The Morgan fingerprint density at radius 1 is 1.15 bits per heavy atom. The van der Waals surface area contributed by atoms with E-state index in [1.807, 2.05) is 0 Å². The van der Waals surface area contributed by atoms with Gasteiger partial charge < -0.3 is 5.32 Å². The standard InChI is InChI=1S/C18H26N2/c1-14-5-7-16(8-6-14)20-18(13-19)11-9-15(10-12-18)17(2,3)4/h5-8,15,20H,9-12H2,1-4H3. The Kier molecular flexibility index (Phi) is 4.09. The van der Waals surface area contributed by atoms with Crippen LogP contribution in [0.25, 0.3) is 0 Å². The molecule has 1 aromatic rings. The largest absolute Gasteiger partial charge is 0.367 e. The molecule has 0 heterocycles. The van der Waals surface area contributed by atoms with Crippen LogP contribution in [0.2, 0.25) is 0 Å². The van der Waals surface area contributed by atoms with Gasteiger partial charge in [0.1, 0.15) is 5.54 Å². The van der Waals surface area contributed by atoms with E-state index < -0.39 is 0 Å². The molecule has 0 bridgehead atoms. The molecule has 0 spiro atoms. The molecule has 0 amide bonds. The molecule has 0 aliphatic heterocycles.